The largest absolute Gasteiger partial charge is 0.365 e. The highest BCUT2D eigenvalue weighted by Gasteiger charge is 2.53. The molecule has 0 spiro atoms. The second-order valence-corrected chi connectivity index (χ2v) is 9.57. The summed E-state index contributed by atoms with van der Waals surface area (Å²) in [4.78, 5) is 44.1. The molecule has 4 atom stereocenters. The van der Waals surface area contributed by atoms with E-state index in [1.807, 2.05) is 19.2 Å². The third-order valence-electron chi connectivity index (χ3n) is 5.88. The van der Waals surface area contributed by atoms with E-state index in [0.29, 0.717) is 12.0 Å². The molecular formula is C23H27FN4O4S. The number of amides is 2. The topological polar surface area (TPSA) is 101 Å². The van der Waals surface area contributed by atoms with E-state index in [2.05, 4.69) is 15.6 Å². The first-order valence-corrected chi connectivity index (χ1v) is 11.8. The Labute approximate surface area is 195 Å². The van der Waals surface area contributed by atoms with Gasteiger partial charge >= 0.3 is 0 Å². The number of likely N-dealkylation sites (tertiary alicyclic amines) is 1. The number of Topliss-reactive ketones (excluding diaryl/α,β-unsaturated/α-hetero) is 1. The van der Waals surface area contributed by atoms with Gasteiger partial charge < -0.3 is 20.3 Å². The number of carbonyl (C=O) groups excluding carboxylic acids is 3. The van der Waals surface area contributed by atoms with Gasteiger partial charge in [-0.1, -0.05) is 26.0 Å². The van der Waals surface area contributed by atoms with Gasteiger partial charge in [-0.15, -0.1) is 11.3 Å². The Balaban J connectivity index is 1.48. The summed E-state index contributed by atoms with van der Waals surface area (Å²) in [5.74, 6) is -1.06. The molecule has 2 aliphatic heterocycles. The van der Waals surface area contributed by atoms with Gasteiger partial charge in [-0.25, -0.2) is 9.37 Å². The lowest BCUT2D eigenvalue weighted by molar-refractivity contribution is -0.138. The molecule has 2 aliphatic rings. The Morgan fingerprint density at radius 3 is 2.67 bits per heavy atom. The van der Waals surface area contributed by atoms with Crippen LogP contribution in [0.5, 0.6) is 0 Å². The van der Waals surface area contributed by atoms with Crippen LogP contribution >= 0.6 is 11.3 Å². The summed E-state index contributed by atoms with van der Waals surface area (Å²) in [5, 5.41) is 8.51. The number of nitrogens with zero attached hydrogens (tertiary/aromatic N) is 2. The van der Waals surface area contributed by atoms with Gasteiger partial charge in [0.1, 0.15) is 31.0 Å². The lowest BCUT2D eigenvalue weighted by Crippen LogP contribution is -2.52. The molecular weight excluding hydrogens is 447 g/mol. The molecule has 8 nitrogen and oxygen atoms in total. The molecule has 2 saturated heterocycles. The van der Waals surface area contributed by atoms with E-state index in [4.69, 9.17) is 4.74 Å². The maximum atomic E-state index is 14.4. The van der Waals surface area contributed by atoms with Gasteiger partial charge in [-0.2, -0.15) is 0 Å². The SMILES string of the molecule is CNc1nc(-c2ccc(C(=O)NC(CC(C)C)C(=O)N3C[C@H](F)C4OCC(=O)[C@H]43)cc2)cs1. The zero-order chi connectivity index (χ0) is 23.7. The number of nitrogens with one attached hydrogen (secondary N) is 2. The van der Waals surface area contributed by atoms with Crippen LogP contribution in [0.1, 0.15) is 30.6 Å². The maximum absolute atomic E-state index is 14.4. The van der Waals surface area contributed by atoms with Gasteiger partial charge in [-0.05, 0) is 24.5 Å². The number of aromatic nitrogens is 1. The summed E-state index contributed by atoms with van der Waals surface area (Å²) < 4.78 is 19.6. The van der Waals surface area contributed by atoms with E-state index in [-0.39, 0.29) is 24.9 Å². The lowest BCUT2D eigenvalue weighted by Gasteiger charge is -2.28. The van der Waals surface area contributed by atoms with Crippen molar-refractivity contribution >= 4 is 34.1 Å². The molecule has 10 heteroatoms. The van der Waals surface area contributed by atoms with Crippen LogP contribution in [0.15, 0.2) is 29.6 Å². The number of anilines is 1. The van der Waals surface area contributed by atoms with Crippen molar-refractivity contribution in [2.75, 3.05) is 25.5 Å². The van der Waals surface area contributed by atoms with Gasteiger partial charge in [0, 0.05) is 23.6 Å². The third kappa shape index (κ3) is 4.77. The summed E-state index contributed by atoms with van der Waals surface area (Å²) in [6, 6.07) is 5.17. The number of thiazole rings is 1. The van der Waals surface area contributed by atoms with Crippen LogP contribution in [0.3, 0.4) is 0 Å². The molecule has 4 rings (SSSR count). The van der Waals surface area contributed by atoms with Crippen LogP contribution in [0.25, 0.3) is 11.3 Å². The fourth-order valence-corrected chi connectivity index (χ4v) is 4.95. The number of halogens is 1. The van der Waals surface area contributed by atoms with E-state index in [1.165, 1.54) is 16.2 Å². The molecule has 3 heterocycles. The number of hydrogen-bond donors (Lipinski definition) is 2. The van der Waals surface area contributed by atoms with Crippen LogP contribution in [0.2, 0.25) is 0 Å². The van der Waals surface area contributed by atoms with Crippen molar-refractivity contribution < 1.29 is 23.5 Å². The molecule has 2 aromatic rings. The molecule has 1 aromatic heterocycles. The van der Waals surface area contributed by atoms with Crippen molar-refractivity contribution in [1.82, 2.24) is 15.2 Å². The quantitative estimate of drug-likeness (QED) is 0.640. The number of fused-ring (bicyclic) bond motifs is 1. The number of benzene rings is 1. The highest BCUT2D eigenvalue weighted by Crippen LogP contribution is 2.30. The van der Waals surface area contributed by atoms with Gasteiger partial charge in [0.25, 0.3) is 5.91 Å². The molecule has 0 bridgehead atoms. The van der Waals surface area contributed by atoms with E-state index in [1.54, 1.807) is 31.3 Å². The predicted octanol–water partition coefficient (Wildman–Crippen LogP) is 2.51. The van der Waals surface area contributed by atoms with Crippen LogP contribution in [0.4, 0.5) is 9.52 Å². The molecule has 2 unspecified atom stereocenters. The maximum Gasteiger partial charge on any atom is 0.251 e. The molecule has 0 saturated carbocycles. The number of carbonyl (C=O) groups is 3. The first-order valence-electron chi connectivity index (χ1n) is 10.9. The molecule has 0 radical (unpaired) electrons. The number of rotatable bonds is 7. The van der Waals surface area contributed by atoms with Gasteiger partial charge in [0.15, 0.2) is 10.9 Å². The normalized spacial score (nSPS) is 23.0. The Hall–Kier alpha value is -2.85. The van der Waals surface area contributed by atoms with Crippen molar-refractivity contribution in [2.24, 2.45) is 5.92 Å². The Kier molecular flexibility index (Phi) is 6.76. The zero-order valence-corrected chi connectivity index (χ0v) is 19.5. The Morgan fingerprint density at radius 1 is 1.30 bits per heavy atom. The Morgan fingerprint density at radius 2 is 2.03 bits per heavy atom. The zero-order valence-electron chi connectivity index (χ0n) is 18.7. The van der Waals surface area contributed by atoms with E-state index >= 15 is 0 Å². The van der Waals surface area contributed by atoms with E-state index < -0.39 is 36.2 Å². The van der Waals surface area contributed by atoms with Crippen LogP contribution in [-0.4, -0.2) is 72.0 Å². The van der Waals surface area contributed by atoms with Crippen molar-refractivity contribution in [3.8, 4) is 11.3 Å². The first-order chi connectivity index (χ1) is 15.8. The minimum Gasteiger partial charge on any atom is -0.365 e. The predicted molar refractivity (Wildman–Crippen MR) is 123 cm³/mol. The standard InChI is InChI=1S/C23H27FN4O4S/c1-12(2)8-16(22(31)28-9-15(24)20-19(28)18(29)10-32-20)26-21(30)14-6-4-13(5-7-14)17-11-33-23(25-3)27-17/h4-7,11-12,15-16,19-20H,8-10H2,1-3H3,(H,25,27)(H,26,30)/t15-,16?,19+,20?/m0/s1. The van der Waals surface area contributed by atoms with Crippen molar-refractivity contribution in [3.63, 3.8) is 0 Å². The van der Waals surface area contributed by atoms with Crippen LogP contribution in [0, 0.1) is 5.92 Å². The van der Waals surface area contributed by atoms with Crippen LogP contribution < -0.4 is 10.6 Å². The highest BCUT2D eigenvalue weighted by molar-refractivity contribution is 7.14. The average molecular weight is 475 g/mol. The Bertz CT molecular complexity index is 1040. The monoisotopic (exact) mass is 474 g/mol. The molecule has 176 valence electrons. The van der Waals surface area contributed by atoms with Crippen molar-refractivity contribution in [1.29, 1.82) is 0 Å². The summed E-state index contributed by atoms with van der Waals surface area (Å²) in [6.45, 7) is 3.47. The summed E-state index contributed by atoms with van der Waals surface area (Å²) >= 11 is 1.49. The second kappa shape index (κ2) is 9.56. The van der Waals surface area contributed by atoms with Crippen molar-refractivity contribution in [3.05, 3.63) is 35.2 Å². The number of hydrogen-bond acceptors (Lipinski definition) is 7. The molecule has 1 aromatic carbocycles. The third-order valence-corrected chi connectivity index (χ3v) is 6.74. The molecule has 2 amide bonds. The minimum atomic E-state index is -1.41. The fraction of sp³-hybridized carbons (Fsp3) is 0.478. The molecule has 2 N–H and O–H groups in total. The van der Waals surface area contributed by atoms with Crippen LogP contribution in [-0.2, 0) is 14.3 Å². The number of ketones is 1. The molecule has 0 aliphatic carbocycles. The number of alkyl halides is 1. The minimum absolute atomic E-state index is 0.0998. The second-order valence-electron chi connectivity index (χ2n) is 8.71. The summed E-state index contributed by atoms with van der Waals surface area (Å²) in [7, 11) is 1.80. The van der Waals surface area contributed by atoms with E-state index in [9.17, 15) is 18.8 Å². The van der Waals surface area contributed by atoms with Gasteiger partial charge in [-0.3, -0.25) is 14.4 Å². The summed E-state index contributed by atoms with van der Waals surface area (Å²) in [5.41, 5.74) is 2.07. The van der Waals surface area contributed by atoms with Crippen molar-refractivity contribution in [2.45, 2.75) is 44.6 Å². The molecule has 2 fully saturated rings. The van der Waals surface area contributed by atoms with Gasteiger partial charge in [0.05, 0.1) is 12.2 Å². The molecule has 33 heavy (non-hydrogen) atoms. The summed E-state index contributed by atoms with van der Waals surface area (Å²) in [6.07, 6.45) is -1.96. The van der Waals surface area contributed by atoms with Gasteiger partial charge in [0.2, 0.25) is 5.91 Å². The van der Waals surface area contributed by atoms with E-state index in [0.717, 1.165) is 16.4 Å². The number of ether oxygens (including phenoxy) is 1. The average Bonchev–Trinajstić information content (AvgIpc) is 3.50. The first kappa shape index (κ1) is 23.3. The highest BCUT2D eigenvalue weighted by atomic mass is 32.1. The lowest BCUT2D eigenvalue weighted by atomic mass is 10.0. The fourth-order valence-electron chi connectivity index (χ4n) is 4.27. The smallest absolute Gasteiger partial charge is 0.251 e.